The van der Waals surface area contributed by atoms with E-state index in [9.17, 15) is 9.59 Å². The number of ether oxygens (including phenoxy) is 1. The minimum atomic E-state index is -0.461. The first-order chi connectivity index (χ1) is 11.0. The molecule has 23 heavy (non-hydrogen) atoms. The second-order valence-electron chi connectivity index (χ2n) is 4.63. The highest BCUT2D eigenvalue weighted by Gasteiger charge is 2.23. The summed E-state index contributed by atoms with van der Waals surface area (Å²) in [6.07, 6.45) is 1.71. The predicted octanol–water partition coefficient (Wildman–Crippen LogP) is 2.53. The molecule has 3 amide bonds. The molecule has 7 nitrogen and oxygen atoms in total. The van der Waals surface area contributed by atoms with Gasteiger partial charge >= 0.3 is 12.1 Å². The van der Waals surface area contributed by atoms with Crippen molar-refractivity contribution in [2.45, 2.75) is 13.3 Å². The van der Waals surface area contributed by atoms with Crippen molar-refractivity contribution in [2.75, 3.05) is 6.54 Å². The molecule has 0 radical (unpaired) electrons. The molecule has 1 saturated heterocycles. The Hall–Kier alpha value is -2.23. The summed E-state index contributed by atoms with van der Waals surface area (Å²) in [6, 6.07) is 7.04. The number of nitrogens with one attached hydrogen (secondary N) is 1. The van der Waals surface area contributed by atoms with E-state index in [0.29, 0.717) is 18.0 Å². The molecule has 0 aliphatic carbocycles. The van der Waals surface area contributed by atoms with Crippen molar-refractivity contribution < 1.29 is 14.3 Å². The second kappa shape index (κ2) is 7.86. The fraction of sp³-hybridized carbons (Fsp3) is 0.200. The summed E-state index contributed by atoms with van der Waals surface area (Å²) in [5.74, 6) is 0.338. The van der Waals surface area contributed by atoms with Gasteiger partial charge in [-0.05, 0) is 48.4 Å². The maximum absolute atomic E-state index is 11.7. The topological polar surface area (TPSA) is 83.4 Å². The van der Waals surface area contributed by atoms with Crippen LogP contribution in [0.5, 0.6) is 5.75 Å². The lowest BCUT2D eigenvalue weighted by Gasteiger charge is -2.26. The van der Waals surface area contributed by atoms with E-state index in [2.05, 4.69) is 44.6 Å². The molecule has 0 saturated carbocycles. The van der Waals surface area contributed by atoms with E-state index < -0.39 is 6.03 Å². The number of imide groups is 1. The Morgan fingerprint density at radius 2 is 2.17 bits per heavy atom. The number of hydrogen-bond donors (Lipinski definition) is 1. The molecule has 1 heterocycles. The van der Waals surface area contributed by atoms with Gasteiger partial charge in [-0.15, -0.1) is 0 Å². The van der Waals surface area contributed by atoms with Crippen LogP contribution in [0.15, 0.2) is 46.1 Å². The molecule has 0 bridgehead atoms. The van der Waals surface area contributed by atoms with Crippen LogP contribution in [0.2, 0.25) is 0 Å². The molecule has 0 atom stereocenters. The highest BCUT2D eigenvalue weighted by atomic mass is 127. The fourth-order valence-electron chi connectivity index (χ4n) is 1.84. The zero-order valence-electron chi connectivity index (χ0n) is 12.5. The number of benzene rings is 1. The summed E-state index contributed by atoms with van der Waals surface area (Å²) in [5, 5.41) is 2.25. The number of rotatable bonds is 3. The first-order valence-corrected chi connectivity index (χ1v) is 7.84. The molecule has 0 unspecified atom stereocenters. The molecule has 1 aliphatic heterocycles. The van der Waals surface area contributed by atoms with Crippen LogP contribution >= 0.6 is 22.6 Å². The maximum atomic E-state index is 11.7. The van der Waals surface area contributed by atoms with E-state index in [4.69, 9.17) is 4.74 Å². The van der Waals surface area contributed by atoms with Crippen molar-refractivity contribution >= 4 is 47.3 Å². The van der Waals surface area contributed by atoms with Crippen LogP contribution in [0.25, 0.3) is 0 Å². The van der Waals surface area contributed by atoms with Gasteiger partial charge in [-0.25, -0.2) is 14.8 Å². The number of carbonyl (C=O) groups excluding carboxylic acids is 2. The van der Waals surface area contributed by atoms with E-state index in [0.717, 1.165) is 3.57 Å². The van der Waals surface area contributed by atoms with E-state index in [-0.39, 0.29) is 18.3 Å². The molecular formula is C15H15IN4O3. The summed E-state index contributed by atoms with van der Waals surface area (Å²) in [7, 11) is 0. The SMILES string of the molecule is C=NC(=N/C=C(\C)N1CCC(=O)NC1=O)Oc1ccccc1I. The van der Waals surface area contributed by atoms with Crippen LogP contribution < -0.4 is 10.1 Å². The van der Waals surface area contributed by atoms with Crippen LogP contribution in [0.1, 0.15) is 13.3 Å². The Kier molecular flexibility index (Phi) is 5.85. The van der Waals surface area contributed by atoms with Gasteiger partial charge in [0.2, 0.25) is 5.91 Å². The number of urea groups is 1. The van der Waals surface area contributed by atoms with Gasteiger partial charge in [0.1, 0.15) is 5.75 Å². The lowest BCUT2D eigenvalue weighted by molar-refractivity contribution is -0.121. The number of allylic oxidation sites excluding steroid dienone is 1. The van der Waals surface area contributed by atoms with E-state index in [1.807, 2.05) is 18.2 Å². The van der Waals surface area contributed by atoms with Crippen molar-refractivity contribution in [3.63, 3.8) is 0 Å². The number of halogens is 1. The summed E-state index contributed by atoms with van der Waals surface area (Å²) >= 11 is 2.14. The molecule has 2 rings (SSSR count). The van der Waals surface area contributed by atoms with Gasteiger partial charge in [-0.1, -0.05) is 12.1 Å². The molecule has 1 N–H and O–H groups in total. The number of para-hydroxylation sites is 1. The predicted molar refractivity (Wildman–Crippen MR) is 95.4 cm³/mol. The number of carbonyl (C=O) groups is 2. The van der Waals surface area contributed by atoms with Crippen LogP contribution in [-0.2, 0) is 4.79 Å². The smallest absolute Gasteiger partial charge is 0.328 e. The van der Waals surface area contributed by atoms with Crippen molar-refractivity contribution in [2.24, 2.45) is 9.98 Å². The first kappa shape index (κ1) is 17.1. The second-order valence-corrected chi connectivity index (χ2v) is 5.79. The van der Waals surface area contributed by atoms with Gasteiger partial charge < -0.3 is 4.74 Å². The Labute approximate surface area is 147 Å². The quantitative estimate of drug-likeness (QED) is 0.458. The normalized spacial score (nSPS) is 16.2. The summed E-state index contributed by atoms with van der Waals surface area (Å²) < 4.78 is 6.48. The van der Waals surface area contributed by atoms with Gasteiger partial charge in [0.15, 0.2) is 0 Å². The van der Waals surface area contributed by atoms with Gasteiger partial charge in [-0.3, -0.25) is 15.0 Å². The number of aliphatic imine (C=N–C) groups is 2. The standard InChI is InChI=1S/C15H15IN4O3/c1-10(20-8-7-13(21)19-15(20)22)9-18-14(17-2)23-12-6-4-3-5-11(12)16/h3-6,9H,2,7-8H2,1H3,(H,19,21,22)/b10-9+,18-14?. The maximum Gasteiger partial charge on any atom is 0.328 e. The summed E-state index contributed by atoms with van der Waals surface area (Å²) in [6.45, 7) is 5.46. The van der Waals surface area contributed by atoms with Crippen LogP contribution in [-0.4, -0.2) is 36.1 Å². The summed E-state index contributed by atoms with van der Waals surface area (Å²) in [4.78, 5) is 32.1. The zero-order valence-corrected chi connectivity index (χ0v) is 14.6. The van der Waals surface area contributed by atoms with Gasteiger partial charge in [0.05, 0.1) is 9.77 Å². The molecule has 0 spiro atoms. The zero-order chi connectivity index (χ0) is 16.8. The molecule has 8 heteroatoms. The van der Waals surface area contributed by atoms with Crippen LogP contribution in [0.4, 0.5) is 4.79 Å². The third-order valence-corrected chi connectivity index (χ3v) is 3.91. The molecule has 1 fully saturated rings. The van der Waals surface area contributed by atoms with Crippen molar-refractivity contribution in [3.05, 3.63) is 39.7 Å². The Bertz CT molecular complexity index is 700. The molecule has 1 aromatic rings. The molecular weight excluding hydrogens is 411 g/mol. The van der Waals surface area contributed by atoms with E-state index in [1.54, 1.807) is 13.0 Å². The lowest BCUT2D eigenvalue weighted by atomic mass is 10.3. The Morgan fingerprint density at radius 1 is 1.43 bits per heavy atom. The average molecular weight is 426 g/mol. The number of nitrogens with zero attached hydrogens (tertiary/aromatic N) is 3. The third kappa shape index (κ3) is 4.62. The highest BCUT2D eigenvalue weighted by molar-refractivity contribution is 14.1. The van der Waals surface area contributed by atoms with Gasteiger partial charge in [0.25, 0.3) is 0 Å². The van der Waals surface area contributed by atoms with Crippen LogP contribution in [0.3, 0.4) is 0 Å². The molecule has 0 aromatic heterocycles. The van der Waals surface area contributed by atoms with Crippen LogP contribution in [0, 0.1) is 3.57 Å². The van der Waals surface area contributed by atoms with E-state index >= 15 is 0 Å². The Morgan fingerprint density at radius 3 is 2.83 bits per heavy atom. The summed E-state index contributed by atoms with van der Waals surface area (Å²) in [5.41, 5.74) is 0.572. The number of hydrogen-bond acceptors (Lipinski definition) is 4. The van der Waals surface area contributed by atoms with Gasteiger partial charge in [-0.2, -0.15) is 0 Å². The molecule has 1 aromatic carbocycles. The molecule has 1 aliphatic rings. The third-order valence-electron chi connectivity index (χ3n) is 3.01. The fourth-order valence-corrected chi connectivity index (χ4v) is 2.34. The number of amides is 3. The largest absolute Gasteiger partial charge is 0.423 e. The monoisotopic (exact) mass is 426 g/mol. The number of amidine groups is 1. The van der Waals surface area contributed by atoms with E-state index in [1.165, 1.54) is 11.1 Å². The minimum absolute atomic E-state index is 0.0713. The molecule has 120 valence electrons. The highest BCUT2D eigenvalue weighted by Crippen LogP contribution is 2.20. The van der Waals surface area contributed by atoms with Crippen molar-refractivity contribution in [1.29, 1.82) is 0 Å². The Balaban J connectivity index is 2.11. The van der Waals surface area contributed by atoms with Gasteiger partial charge in [0, 0.05) is 18.7 Å². The minimum Gasteiger partial charge on any atom is -0.423 e. The van der Waals surface area contributed by atoms with Crippen molar-refractivity contribution in [1.82, 2.24) is 10.2 Å². The first-order valence-electron chi connectivity index (χ1n) is 6.76. The average Bonchev–Trinajstić information content (AvgIpc) is 2.52. The van der Waals surface area contributed by atoms with Crippen molar-refractivity contribution in [3.8, 4) is 5.75 Å². The lowest BCUT2D eigenvalue weighted by Crippen LogP contribution is -2.48.